The molecule has 0 atom stereocenters. The second kappa shape index (κ2) is 13.8. The molecule has 0 saturated carbocycles. The maximum atomic E-state index is 5.20. The van der Waals surface area contributed by atoms with Gasteiger partial charge < -0.3 is 4.57 Å². The lowest BCUT2D eigenvalue weighted by molar-refractivity contribution is 1.17. The predicted molar refractivity (Wildman–Crippen MR) is 222 cm³/mol. The number of pyridine rings is 5. The van der Waals surface area contributed by atoms with Crippen LogP contribution in [-0.4, -0.2) is 29.5 Å². The summed E-state index contributed by atoms with van der Waals surface area (Å²) in [5.74, 6) is 0. The van der Waals surface area contributed by atoms with Crippen LogP contribution in [0.2, 0.25) is 0 Å². The van der Waals surface area contributed by atoms with Gasteiger partial charge in [0.1, 0.15) is 0 Å². The monoisotopic (exact) mass is 704 g/mol. The van der Waals surface area contributed by atoms with Crippen molar-refractivity contribution >= 4 is 21.8 Å². The fourth-order valence-corrected chi connectivity index (χ4v) is 7.38. The number of hydrogen-bond donors (Lipinski definition) is 0. The van der Waals surface area contributed by atoms with Gasteiger partial charge in [0.2, 0.25) is 0 Å². The van der Waals surface area contributed by atoms with Gasteiger partial charge in [-0.15, -0.1) is 0 Å². The van der Waals surface area contributed by atoms with Gasteiger partial charge in [-0.1, -0.05) is 66.7 Å². The maximum Gasteiger partial charge on any atom is 0.0899 e. The molecular formula is C49H32N6. The minimum atomic E-state index is 0.800. The Kier molecular flexibility index (Phi) is 8.04. The first-order valence-corrected chi connectivity index (χ1v) is 18.2. The topological polar surface area (TPSA) is 69.4 Å². The molecule has 0 aliphatic heterocycles. The minimum Gasteiger partial charge on any atom is -0.309 e. The second-order valence-electron chi connectivity index (χ2n) is 13.4. The van der Waals surface area contributed by atoms with Gasteiger partial charge in [0, 0.05) is 64.1 Å². The highest BCUT2D eigenvalue weighted by Gasteiger charge is 2.16. The molecule has 0 amide bonds. The van der Waals surface area contributed by atoms with Crippen LogP contribution in [-0.2, 0) is 0 Å². The Hall–Kier alpha value is -7.57. The summed E-state index contributed by atoms with van der Waals surface area (Å²) in [6, 6.07) is 56.7. The molecule has 258 valence electrons. The molecule has 0 N–H and O–H groups in total. The van der Waals surface area contributed by atoms with Crippen LogP contribution in [0.15, 0.2) is 195 Å². The Balaban J connectivity index is 1.08. The van der Waals surface area contributed by atoms with Crippen molar-refractivity contribution in [3.05, 3.63) is 195 Å². The van der Waals surface area contributed by atoms with E-state index in [1.807, 2.05) is 91.6 Å². The van der Waals surface area contributed by atoms with Crippen LogP contribution in [0.5, 0.6) is 0 Å². The largest absolute Gasteiger partial charge is 0.309 e. The van der Waals surface area contributed by atoms with E-state index in [9.17, 15) is 0 Å². The van der Waals surface area contributed by atoms with Crippen LogP contribution in [0.4, 0.5) is 0 Å². The van der Waals surface area contributed by atoms with Gasteiger partial charge in [-0.25, -0.2) is 4.98 Å². The maximum absolute atomic E-state index is 5.20. The third-order valence-corrected chi connectivity index (χ3v) is 10.0. The number of benzene rings is 4. The van der Waals surface area contributed by atoms with Crippen molar-refractivity contribution in [1.29, 1.82) is 0 Å². The Bertz CT molecular complexity index is 2890. The number of hydrogen-bond acceptors (Lipinski definition) is 5. The first-order chi connectivity index (χ1) is 27.2. The van der Waals surface area contributed by atoms with Crippen molar-refractivity contribution < 1.29 is 0 Å². The third-order valence-electron chi connectivity index (χ3n) is 10.0. The van der Waals surface area contributed by atoms with Gasteiger partial charge in [-0.3, -0.25) is 19.9 Å². The Morgan fingerprint density at radius 2 is 0.873 bits per heavy atom. The molecule has 0 unspecified atom stereocenters. The van der Waals surface area contributed by atoms with Gasteiger partial charge in [0.25, 0.3) is 0 Å². The van der Waals surface area contributed by atoms with Crippen molar-refractivity contribution in [1.82, 2.24) is 29.5 Å². The molecule has 0 spiro atoms. The van der Waals surface area contributed by atoms with Crippen molar-refractivity contribution in [2.45, 2.75) is 0 Å². The summed E-state index contributed by atoms with van der Waals surface area (Å²) in [4.78, 5) is 23.7. The summed E-state index contributed by atoms with van der Waals surface area (Å²) < 4.78 is 2.31. The molecular weight excluding hydrogens is 673 g/mol. The minimum absolute atomic E-state index is 0.800. The smallest absolute Gasteiger partial charge is 0.0899 e. The number of para-hydroxylation sites is 1. The molecule has 6 heterocycles. The average Bonchev–Trinajstić information content (AvgIpc) is 3.61. The van der Waals surface area contributed by atoms with Crippen LogP contribution in [0.3, 0.4) is 0 Å². The number of rotatable bonds is 7. The molecule has 10 aromatic rings. The molecule has 0 saturated heterocycles. The van der Waals surface area contributed by atoms with Crippen LogP contribution >= 0.6 is 0 Å². The molecule has 0 radical (unpaired) electrons. The van der Waals surface area contributed by atoms with E-state index in [0.717, 1.165) is 89.5 Å². The molecule has 0 bridgehead atoms. The number of nitrogens with zero attached hydrogens (tertiary/aromatic N) is 6. The average molecular weight is 705 g/mol. The van der Waals surface area contributed by atoms with Gasteiger partial charge in [0.15, 0.2) is 0 Å². The molecule has 6 heteroatoms. The van der Waals surface area contributed by atoms with Crippen molar-refractivity contribution in [2.24, 2.45) is 0 Å². The molecule has 6 nitrogen and oxygen atoms in total. The van der Waals surface area contributed by atoms with Gasteiger partial charge in [-0.2, -0.15) is 0 Å². The summed E-state index contributed by atoms with van der Waals surface area (Å²) in [5.41, 5.74) is 15.0. The number of fused-ring (bicyclic) bond motifs is 3. The molecule has 6 aromatic heterocycles. The van der Waals surface area contributed by atoms with Gasteiger partial charge >= 0.3 is 0 Å². The summed E-state index contributed by atoms with van der Waals surface area (Å²) in [5, 5.41) is 2.30. The van der Waals surface area contributed by atoms with Crippen LogP contribution in [0, 0.1) is 0 Å². The van der Waals surface area contributed by atoms with E-state index < -0.39 is 0 Å². The Labute approximate surface area is 318 Å². The van der Waals surface area contributed by atoms with Crippen molar-refractivity contribution in [2.75, 3.05) is 0 Å². The Morgan fingerprint density at radius 1 is 0.327 bits per heavy atom. The van der Waals surface area contributed by atoms with E-state index in [1.165, 1.54) is 5.39 Å². The molecule has 55 heavy (non-hydrogen) atoms. The van der Waals surface area contributed by atoms with E-state index in [0.29, 0.717) is 0 Å². The number of aromatic nitrogens is 6. The van der Waals surface area contributed by atoms with Crippen LogP contribution in [0.1, 0.15) is 0 Å². The molecule has 10 rings (SSSR count). The van der Waals surface area contributed by atoms with E-state index in [-0.39, 0.29) is 0 Å². The molecule has 0 aliphatic rings. The normalized spacial score (nSPS) is 11.3. The fraction of sp³-hybridized carbons (Fsp3) is 0. The highest BCUT2D eigenvalue weighted by molar-refractivity contribution is 6.10. The zero-order valence-electron chi connectivity index (χ0n) is 29.7. The standard InChI is InChI=1S/C49H32N6/c1-2-10-40(11-3-1)55-48-20-19-35(29-41(48)42-32-50-25-21-49(42)55)33-15-17-34(18-16-33)36-30-46(54-47(31-36)45-14-6-9-24-53-45)39-27-37(43-12-4-7-22-51-43)26-38(28-39)44-13-5-8-23-52-44/h1-32H. The molecule has 4 aromatic carbocycles. The first kappa shape index (κ1) is 32.1. The van der Waals surface area contributed by atoms with E-state index >= 15 is 0 Å². The second-order valence-corrected chi connectivity index (χ2v) is 13.4. The molecule has 0 fully saturated rings. The lowest BCUT2D eigenvalue weighted by Gasteiger charge is -2.13. The Morgan fingerprint density at radius 3 is 1.51 bits per heavy atom. The lowest BCUT2D eigenvalue weighted by atomic mass is 9.95. The first-order valence-electron chi connectivity index (χ1n) is 18.2. The van der Waals surface area contributed by atoms with Gasteiger partial charge in [0.05, 0.1) is 39.5 Å². The third kappa shape index (κ3) is 6.11. The summed E-state index contributed by atoms with van der Waals surface area (Å²) in [6.45, 7) is 0. The van der Waals surface area contributed by atoms with Crippen LogP contribution < -0.4 is 0 Å². The highest BCUT2D eigenvalue weighted by Crippen LogP contribution is 2.37. The van der Waals surface area contributed by atoms with Crippen molar-refractivity contribution in [3.63, 3.8) is 0 Å². The summed E-state index contributed by atoms with van der Waals surface area (Å²) in [6.07, 6.45) is 9.28. The zero-order chi connectivity index (χ0) is 36.6. The lowest BCUT2D eigenvalue weighted by Crippen LogP contribution is -1.94. The predicted octanol–water partition coefficient (Wildman–Crippen LogP) is 11.8. The fourth-order valence-electron chi connectivity index (χ4n) is 7.38. The van der Waals surface area contributed by atoms with Gasteiger partial charge in [-0.05, 0) is 119 Å². The van der Waals surface area contributed by atoms with E-state index in [4.69, 9.17) is 4.98 Å². The van der Waals surface area contributed by atoms with Crippen LogP contribution in [0.25, 0.3) is 94.9 Å². The molecule has 0 aliphatic carbocycles. The quantitative estimate of drug-likeness (QED) is 0.165. The highest BCUT2D eigenvalue weighted by atomic mass is 15.0. The van der Waals surface area contributed by atoms with E-state index in [1.54, 1.807) is 0 Å². The zero-order valence-corrected chi connectivity index (χ0v) is 29.7. The van der Waals surface area contributed by atoms with Crippen molar-refractivity contribution in [3.8, 4) is 73.1 Å². The summed E-state index contributed by atoms with van der Waals surface area (Å²) >= 11 is 0. The SMILES string of the molecule is c1ccc(-n2c3ccncc3c3cc(-c4ccc(-c5cc(-c6cc(-c7ccccn7)cc(-c7ccccn7)c6)nc(-c6ccccn6)c5)cc4)ccc32)cc1. The summed E-state index contributed by atoms with van der Waals surface area (Å²) in [7, 11) is 0. The van der Waals surface area contributed by atoms with E-state index in [2.05, 4.69) is 128 Å².